The Morgan fingerprint density at radius 1 is 0.884 bits per heavy atom. The molecule has 0 saturated carbocycles. The normalized spacial score (nSPS) is 13.5. The van der Waals surface area contributed by atoms with E-state index in [1.807, 2.05) is 0 Å². The zero-order chi connectivity index (χ0) is 31.8. The quantitative estimate of drug-likeness (QED) is 0.0470. The van der Waals surface area contributed by atoms with Gasteiger partial charge in [-0.2, -0.15) is 0 Å². The number of rotatable bonds is 19. The second-order valence-electron chi connectivity index (χ2n) is 9.78. The van der Waals surface area contributed by atoms with Gasteiger partial charge in [0.15, 0.2) is 5.96 Å². The molecule has 16 nitrogen and oxygen atoms in total. The molecule has 0 radical (unpaired) electrons. The van der Waals surface area contributed by atoms with Gasteiger partial charge in [0.05, 0.1) is 12.4 Å². The summed E-state index contributed by atoms with van der Waals surface area (Å²) >= 11 is 0. The average Bonchev–Trinajstić information content (AvgIpc) is 3.47. The summed E-state index contributed by atoms with van der Waals surface area (Å²) in [5, 5.41) is 19.7. The molecule has 16 heteroatoms. The molecule has 4 amide bonds. The van der Waals surface area contributed by atoms with Crippen LogP contribution in [0.5, 0.6) is 0 Å². The van der Waals surface area contributed by atoms with E-state index < -0.39 is 53.8 Å². The van der Waals surface area contributed by atoms with Crippen LogP contribution in [-0.4, -0.2) is 88.4 Å². The minimum Gasteiger partial charge on any atom is -0.481 e. The molecule has 1 aromatic carbocycles. The summed E-state index contributed by atoms with van der Waals surface area (Å²) in [7, 11) is 1.51. The highest BCUT2D eigenvalue weighted by Crippen LogP contribution is 2.08. The highest BCUT2D eigenvalue weighted by molar-refractivity contribution is 5.94. The number of amides is 4. The predicted octanol–water partition coefficient (Wildman–Crippen LogP) is -2.36. The third-order valence-electron chi connectivity index (χ3n) is 6.44. The van der Waals surface area contributed by atoms with Gasteiger partial charge in [-0.25, -0.2) is 4.98 Å². The van der Waals surface area contributed by atoms with Crippen LogP contribution in [0.4, 0.5) is 0 Å². The minimum absolute atomic E-state index is 0.00198. The minimum atomic E-state index is -1.15. The third-order valence-corrected chi connectivity index (χ3v) is 6.44. The fourth-order valence-corrected chi connectivity index (χ4v) is 4.16. The van der Waals surface area contributed by atoms with Crippen molar-refractivity contribution >= 4 is 35.6 Å². The molecular formula is C27H40N10O6. The van der Waals surface area contributed by atoms with Gasteiger partial charge in [-0.05, 0) is 31.9 Å². The number of nitrogens with one attached hydrogen (secondary N) is 5. The molecule has 43 heavy (non-hydrogen) atoms. The highest BCUT2D eigenvalue weighted by Gasteiger charge is 2.30. The van der Waals surface area contributed by atoms with Crippen molar-refractivity contribution < 1.29 is 29.1 Å². The van der Waals surface area contributed by atoms with Crippen LogP contribution in [0.3, 0.4) is 0 Å². The van der Waals surface area contributed by atoms with Gasteiger partial charge in [-0.1, -0.05) is 30.3 Å². The maximum Gasteiger partial charge on any atom is 0.303 e. The number of aliphatic carboxylic acids is 1. The monoisotopic (exact) mass is 600 g/mol. The largest absolute Gasteiger partial charge is 0.481 e. The predicted molar refractivity (Wildman–Crippen MR) is 157 cm³/mol. The topological polar surface area (TPSA) is 273 Å². The Morgan fingerprint density at radius 3 is 2.09 bits per heavy atom. The molecule has 0 aliphatic rings. The van der Waals surface area contributed by atoms with Crippen molar-refractivity contribution in [3.8, 4) is 0 Å². The van der Waals surface area contributed by atoms with Crippen molar-refractivity contribution in [1.82, 2.24) is 31.2 Å². The van der Waals surface area contributed by atoms with E-state index in [0.717, 1.165) is 5.56 Å². The number of aliphatic imine (C=N–C) groups is 1. The number of carbonyl (C=O) groups excluding carboxylic acids is 4. The van der Waals surface area contributed by atoms with Crippen molar-refractivity contribution in [3.05, 3.63) is 54.1 Å². The van der Waals surface area contributed by atoms with Gasteiger partial charge in [-0.3, -0.25) is 29.0 Å². The van der Waals surface area contributed by atoms with Crippen LogP contribution < -0.4 is 38.5 Å². The van der Waals surface area contributed by atoms with Crippen molar-refractivity contribution in [1.29, 1.82) is 0 Å². The van der Waals surface area contributed by atoms with Crippen LogP contribution in [0, 0.1) is 0 Å². The molecule has 12 N–H and O–H groups in total. The van der Waals surface area contributed by atoms with Crippen LogP contribution in [0.2, 0.25) is 0 Å². The lowest BCUT2D eigenvalue weighted by Gasteiger charge is -2.26. The molecule has 0 fully saturated rings. The molecule has 234 valence electrons. The van der Waals surface area contributed by atoms with Crippen molar-refractivity contribution in [2.24, 2.45) is 22.2 Å². The number of H-pyrrole nitrogens is 1. The molecule has 1 heterocycles. The summed E-state index contributed by atoms with van der Waals surface area (Å²) < 4.78 is 0. The number of likely N-dealkylation sites (N-methyl/N-ethyl adjacent to an activating group) is 1. The summed E-state index contributed by atoms with van der Waals surface area (Å²) in [5.41, 5.74) is 17.6. The van der Waals surface area contributed by atoms with Gasteiger partial charge < -0.3 is 48.6 Å². The number of carboxylic acids is 1. The summed E-state index contributed by atoms with van der Waals surface area (Å²) in [6.45, 7) is 0.174. The molecule has 0 aliphatic carbocycles. The molecule has 0 saturated heterocycles. The van der Waals surface area contributed by atoms with E-state index in [0.29, 0.717) is 12.1 Å². The van der Waals surface area contributed by atoms with Gasteiger partial charge in [0, 0.05) is 37.7 Å². The number of hydrogen-bond acceptors (Lipinski definition) is 8. The Bertz CT molecular complexity index is 1230. The third kappa shape index (κ3) is 12.6. The first-order valence-corrected chi connectivity index (χ1v) is 13.7. The van der Waals surface area contributed by atoms with Gasteiger partial charge in [-0.15, -0.1) is 0 Å². The zero-order valence-electron chi connectivity index (χ0n) is 23.9. The van der Waals surface area contributed by atoms with Crippen LogP contribution in [0.15, 0.2) is 47.8 Å². The van der Waals surface area contributed by atoms with E-state index >= 15 is 0 Å². The van der Waals surface area contributed by atoms with E-state index in [2.05, 4.69) is 36.2 Å². The molecule has 1 aromatic heterocycles. The second kappa shape index (κ2) is 17.7. The number of primary amides is 1. The van der Waals surface area contributed by atoms with Gasteiger partial charge in [0.2, 0.25) is 23.6 Å². The summed E-state index contributed by atoms with van der Waals surface area (Å²) in [6.07, 6.45) is 3.16. The molecule has 2 rings (SSSR count). The Morgan fingerprint density at radius 2 is 1.51 bits per heavy atom. The lowest BCUT2D eigenvalue weighted by molar-refractivity contribution is -0.137. The number of guanidine groups is 1. The SMILES string of the molecule is CN[C@@H](CCC(=O)O)C(=O)N[C@@H](Cc1ccccc1)C(=O)N[C@@H](CCCN=C(N)N)C(=O)N[C@@H](Cc1cnc[nH]1)C(N)=O. The smallest absolute Gasteiger partial charge is 0.303 e. The fraction of sp³-hybridized carbons (Fsp3) is 0.444. The number of aromatic amines is 1. The summed E-state index contributed by atoms with van der Waals surface area (Å²) in [4.78, 5) is 73.8. The van der Waals surface area contributed by atoms with Crippen molar-refractivity contribution in [3.63, 3.8) is 0 Å². The van der Waals surface area contributed by atoms with E-state index in [1.165, 1.54) is 19.6 Å². The molecule has 2 aromatic rings. The number of nitrogens with two attached hydrogens (primary N) is 3. The Kier molecular flexibility index (Phi) is 14.1. The fourth-order valence-electron chi connectivity index (χ4n) is 4.16. The number of aromatic nitrogens is 2. The highest BCUT2D eigenvalue weighted by atomic mass is 16.4. The number of carbonyl (C=O) groups is 5. The second-order valence-corrected chi connectivity index (χ2v) is 9.78. The summed E-state index contributed by atoms with van der Waals surface area (Å²) in [5.74, 6) is -3.92. The van der Waals surface area contributed by atoms with Gasteiger partial charge in [0.1, 0.15) is 18.1 Å². The van der Waals surface area contributed by atoms with Crippen molar-refractivity contribution in [2.75, 3.05) is 13.6 Å². The van der Waals surface area contributed by atoms with Gasteiger partial charge >= 0.3 is 5.97 Å². The molecular weight excluding hydrogens is 560 g/mol. The number of carboxylic acid groups (broad SMARTS) is 1. The first kappa shape index (κ1) is 34.2. The Hall–Kier alpha value is -4.99. The number of benzene rings is 1. The Balaban J connectivity index is 2.26. The maximum atomic E-state index is 13.6. The van der Waals surface area contributed by atoms with Crippen LogP contribution in [0.1, 0.15) is 36.9 Å². The number of nitrogens with zero attached hydrogens (tertiary/aromatic N) is 2. The standard InChI is InChI=1S/C27H40N10O6/c1-31-18(9-10-22(38)39)24(41)37-21(12-16-6-3-2-4-7-16)26(43)35-19(8-5-11-33-27(29)30)25(42)36-20(23(28)40)13-17-14-32-15-34-17/h2-4,6-7,14-15,18-21,31H,5,8-13H2,1H3,(H2,28,40)(H,32,34)(H,35,43)(H,36,42)(H,37,41)(H,38,39)(H4,29,30,33)/t18-,19-,20-,21-/m0/s1. The molecule has 0 spiro atoms. The van der Waals surface area contributed by atoms with E-state index in [1.54, 1.807) is 30.3 Å². The van der Waals surface area contributed by atoms with Crippen LogP contribution >= 0.6 is 0 Å². The first-order chi connectivity index (χ1) is 20.5. The van der Waals surface area contributed by atoms with Crippen molar-refractivity contribution in [2.45, 2.75) is 62.7 Å². The van der Waals surface area contributed by atoms with Gasteiger partial charge in [0.25, 0.3) is 0 Å². The molecule has 4 atom stereocenters. The molecule has 0 aliphatic heterocycles. The number of imidazole rings is 1. The molecule has 0 unspecified atom stereocenters. The van der Waals surface area contributed by atoms with Crippen LogP contribution in [0.25, 0.3) is 0 Å². The van der Waals surface area contributed by atoms with E-state index in [-0.39, 0.29) is 44.6 Å². The van der Waals surface area contributed by atoms with E-state index in [9.17, 15) is 24.0 Å². The lowest BCUT2D eigenvalue weighted by atomic mass is 10.0. The van der Waals surface area contributed by atoms with Crippen LogP contribution in [-0.2, 0) is 36.8 Å². The van der Waals surface area contributed by atoms with E-state index in [4.69, 9.17) is 22.3 Å². The lowest BCUT2D eigenvalue weighted by Crippen LogP contribution is -2.58. The summed E-state index contributed by atoms with van der Waals surface area (Å²) in [6, 6.07) is 4.66. The Labute approximate surface area is 248 Å². The number of hydrogen-bond donors (Lipinski definition) is 9. The maximum absolute atomic E-state index is 13.6. The zero-order valence-corrected chi connectivity index (χ0v) is 23.9. The molecule has 0 bridgehead atoms. The average molecular weight is 601 g/mol. The first-order valence-electron chi connectivity index (χ1n) is 13.7.